The quantitative estimate of drug-likeness (QED) is 0.465. The Kier molecular flexibility index (Phi) is 4.77. The Hall–Kier alpha value is -2.85. The van der Waals surface area contributed by atoms with Crippen LogP contribution in [0.25, 0.3) is 6.08 Å². The van der Waals surface area contributed by atoms with Crippen LogP contribution in [0.1, 0.15) is 11.1 Å². The normalized spacial score (nSPS) is 15.1. The molecule has 3 rings (SSSR count). The van der Waals surface area contributed by atoms with Crippen LogP contribution in [0.15, 0.2) is 71.9 Å². The molecule has 0 bridgehead atoms. The van der Waals surface area contributed by atoms with Crippen LogP contribution in [0.3, 0.4) is 0 Å². The highest BCUT2D eigenvalue weighted by atomic mass is 35.5. The predicted molar refractivity (Wildman–Crippen MR) is 94.2 cm³/mol. The van der Waals surface area contributed by atoms with E-state index in [1.165, 1.54) is 0 Å². The summed E-state index contributed by atoms with van der Waals surface area (Å²) in [5.41, 5.74) is 1.58. The summed E-state index contributed by atoms with van der Waals surface area (Å²) in [5.74, 6) is 0.379. The average Bonchev–Trinajstić information content (AvgIpc) is 2.94. The number of esters is 1. The summed E-state index contributed by atoms with van der Waals surface area (Å²) in [5, 5.41) is 0.477. The predicted octanol–water partition coefficient (Wildman–Crippen LogP) is 4.25. The molecule has 0 aromatic heterocycles. The second kappa shape index (κ2) is 7.15. The SMILES string of the molecule is C=CCOc1cccc(/C=C2\N=C(c3ccccc3Cl)OC2=O)c1. The lowest BCUT2D eigenvalue weighted by molar-refractivity contribution is -0.129. The van der Waals surface area contributed by atoms with Gasteiger partial charge in [0.25, 0.3) is 0 Å². The van der Waals surface area contributed by atoms with Gasteiger partial charge in [0.15, 0.2) is 5.70 Å². The first-order valence-electron chi connectivity index (χ1n) is 7.28. The first-order chi connectivity index (χ1) is 11.7. The second-order valence-corrected chi connectivity index (χ2v) is 5.40. The molecule has 0 N–H and O–H groups in total. The van der Waals surface area contributed by atoms with Crippen LogP contribution >= 0.6 is 11.6 Å². The van der Waals surface area contributed by atoms with Crippen LogP contribution in [0.4, 0.5) is 0 Å². The Morgan fingerprint density at radius 3 is 2.83 bits per heavy atom. The van der Waals surface area contributed by atoms with Crippen molar-refractivity contribution in [1.82, 2.24) is 0 Å². The van der Waals surface area contributed by atoms with E-state index in [1.807, 2.05) is 24.3 Å². The fourth-order valence-electron chi connectivity index (χ4n) is 2.17. The monoisotopic (exact) mass is 339 g/mol. The Bertz CT molecular complexity index is 855. The molecule has 0 radical (unpaired) electrons. The molecule has 0 amide bonds. The lowest BCUT2D eigenvalue weighted by atomic mass is 10.2. The molecule has 24 heavy (non-hydrogen) atoms. The van der Waals surface area contributed by atoms with Gasteiger partial charge in [-0.3, -0.25) is 0 Å². The summed E-state index contributed by atoms with van der Waals surface area (Å²) in [6.07, 6.45) is 3.31. The van der Waals surface area contributed by atoms with E-state index in [0.29, 0.717) is 22.9 Å². The molecule has 0 spiro atoms. The molecule has 2 aromatic rings. The fraction of sp³-hybridized carbons (Fsp3) is 0.0526. The van der Waals surface area contributed by atoms with Crippen molar-refractivity contribution in [1.29, 1.82) is 0 Å². The second-order valence-electron chi connectivity index (χ2n) is 4.99. The molecule has 1 heterocycles. The molecule has 5 heteroatoms. The van der Waals surface area contributed by atoms with Gasteiger partial charge in [0.1, 0.15) is 12.4 Å². The zero-order valence-corrected chi connectivity index (χ0v) is 13.5. The number of carbonyl (C=O) groups excluding carboxylic acids is 1. The molecule has 0 saturated heterocycles. The summed E-state index contributed by atoms with van der Waals surface area (Å²) in [6, 6.07) is 14.4. The van der Waals surface area contributed by atoms with E-state index < -0.39 is 5.97 Å². The third-order valence-electron chi connectivity index (χ3n) is 3.25. The van der Waals surface area contributed by atoms with Gasteiger partial charge in [0.2, 0.25) is 5.90 Å². The molecular formula is C19H14ClNO3. The van der Waals surface area contributed by atoms with Crippen molar-refractivity contribution in [2.75, 3.05) is 6.61 Å². The maximum atomic E-state index is 12.0. The highest BCUT2D eigenvalue weighted by Crippen LogP contribution is 2.24. The topological polar surface area (TPSA) is 47.9 Å². The molecule has 4 nitrogen and oxygen atoms in total. The van der Waals surface area contributed by atoms with Gasteiger partial charge in [0.05, 0.1) is 10.6 Å². The van der Waals surface area contributed by atoms with Crippen LogP contribution in [-0.4, -0.2) is 18.5 Å². The van der Waals surface area contributed by atoms with Crippen molar-refractivity contribution >= 4 is 29.5 Å². The number of hydrogen-bond donors (Lipinski definition) is 0. The minimum absolute atomic E-state index is 0.205. The number of carbonyl (C=O) groups is 1. The molecule has 0 atom stereocenters. The van der Waals surface area contributed by atoms with E-state index in [2.05, 4.69) is 11.6 Å². The number of benzene rings is 2. The van der Waals surface area contributed by atoms with Crippen LogP contribution < -0.4 is 4.74 Å². The molecule has 0 unspecified atom stereocenters. The van der Waals surface area contributed by atoms with E-state index in [1.54, 1.807) is 36.4 Å². The van der Waals surface area contributed by atoms with Crippen LogP contribution in [-0.2, 0) is 9.53 Å². The summed E-state index contributed by atoms with van der Waals surface area (Å²) in [6.45, 7) is 4.02. The van der Waals surface area contributed by atoms with Gasteiger partial charge in [-0.2, -0.15) is 0 Å². The van der Waals surface area contributed by atoms with E-state index in [-0.39, 0.29) is 11.6 Å². The molecule has 0 saturated carbocycles. The zero-order valence-electron chi connectivity index (χ0n) is 12.7. The number of cyclic esters (lactones) is 1. The van der Waals surface area contributed by atoms with E-state index in [0.717, 1.165) is 5.56 Å². The van der Waals surface area contributed by atoms with E-state index in [4.69, 9.17) is 21.1 Å². The van der Waals surface area contributed by atoms with E-state index in [9.17, 15) is 4.79 Å². The molecular weight excluding hydrogens is 326 g/mol. The number of nitrogens with zero attached hydrogens (tertiary/aromatic N) is 1. The fourth-order valence-corrected chi connectivity index (χ4v) is 2.38. The third-order valence-corrected chi connectivity index (χ3v) is 3.58. The summed E-state index contributed by atoms with van der Waals surface area (Å²) >= 11 is 6.11. The van der Waals surface area contributed by atoms with Crippen molar-refractivity contribution in [3.63, 3.8) is 0 Å². The molecule has 1 aliphatic rings. The molecule has 120 valence electrons. The molecule has 0 fully saturated rings. The average molecular weight is 340 g/mol. The van der Waals surface area contributed by atoms with Crippen molar-refractivity contribution in [2.45, 2.75) is 0 Å². The minimum Gasteiger partial charge on any atom is -0.490 e. The molecule has 0 aliphatic carbocycles. The van der Waals surface area contributed by atoms with Crippen molar-refractivity contribution in [3.8, 4) is 5.75 Å². The van der Waals surface area contributed by atoms with Gasteiger partial charge in [-0.25, -0.2) is 9.79 Å². The number of aliphatic imine (C=N–C) groups is 1. The molecule has 2 aromatic carbocycles. The molecule has 1 aliphatic heterocycles. The van der Waals surface area contributed by atoms with Gasteiger partial charge >= 0.3 is 5.97 Å². The first kappa shape index (κ1) is 16.0. The van der Waals surface area contributed by atoms with E-state index >= 15 is 0 Å². The smallest absolute Gasteiger partial charge is 0.363 e. The standard InChI is InChI=1S/C19H14ClNO3/c1-2-10-23-14-7-5-6-13(11-14)12-17-19(22)24-18(21-17)15-8-3-4-9-16(15)20/h2-9,11-12H,1,10H2/b17-12-. The Labute approximate surface area is 144 Å². The lowest BCUT2D eigenvalue weighted by Crippen LogP contribution is -2.05. The maximum Gasteiger partial charge on any atom is 0.363 e. The number of hydrogen-bond acceptors (Lipinski definition) is 4. The minimum atomic E-state index is -0.512. The van der Waals surface area contributed by atoms with Crippen molar-refractivity contribution in [3.05, 3.63) is 83.0 Å². The van der Waals surface area contributed by atoms with Gasteiger partial charge in [-0.15, -0.1) is 0 Å². The maximum absolute atomic E-state index is 12.0. The first-order valence-corrected chi connectivity index (χ1v) is 7.66. The summed E-state index contributed by atoms with van der Waals surface area (Å²) < 4.78 is 10.7. The lowest BCUT2D eigenvalue weighted by Gasteiger charge is -2.03. The Morgan fingerprint density at radius 1 is 1.21 bits per heavy atom. The van der Waals surface area contributed by atoms with Crippen molar-refractivity contribution in [2.24, 2.45) is 4.99 Å². The Balaban J connectivity index is 1.89. The number of rotatable bonds is 5. The van der Waals surface area contributed by atoms with Gasteiger partial charge in [-0.05, 0) is 35.9 Å². The largest absolute Gasteiger partial charge is 0.490 e. The summed E-state index contributed by atoms with van der Waals surface area (Å²) in [7, 11) is 0. The van der Waals surface area contributed by atoms with Crippen LogP contribution in [0, 0.1) is 0 Å². The highest BCUT2D eigenvalue weighted by Gasteiger charge is 2.25. The Morgan fingerprint density at radius 2 is 2.04 bits per heavy atom. The number of ether oxygens (including phenoxy) is 2. The zero-order chi connectivity index (χ0) is 16.9. The summed E-state index contributed by atoms with van der Waals surface area (Å²) in [4.78, 5) is 16.3. The van der Waals surface area contributed by atoms with Crippen LogP contribution in [0.5, 0.6) is 5.75 Å². The number of halogens is 1. The van der Waals surface area contributed by atoms with Crippen LogP contribution in [0.2, 0.25) is 5.02 Å². The third kappa shape index (κ3) is 3.55. The highest BCUT2D eigenvalue weighted by molar-refractivity contribution is 6.34. The van der Waals surface area contributed by atoms with Gasteiger partial charge in [0, 0.05) is 0 Å². The van der Waals surface area contributed by atoms with Crippen molar-refractivity contribution < 1.29 is 14.3 Å². The van der Waals surface area contributed by atoms with Gasteiger partial charge in [-0.1, -0.05) is 48.5 Å². The van der Waals surface area contributed by atoms with Gasteiger partial charge < -0.3 is 9.47 Å².